The van der Waals surface area contributed by atoms with Crippen LogP contribution in [-0.2, 0) is 11.2 Å². The van der Waals surface area contributed by atoms with Crippen molar-refractivity contribution in [1.29, 1.82) is 0 Å². The molecule has 42 heavy (non-hydrogen) atoms. The molecular weight excluding hydrogens is 544 g/mol. The Morgan fingerprint density at radius 1 is 0.905 bits per heavy atom. The van der Waals surface area contributed by atoms with Crippen molar-refractivity contribution < 1.29 is 33.4 Å². The van der Waals surface area contributed by atoms with Crippen LogP contribution in [0.1, 0.15) is 85.2 Å². The largest absolute Gasteiger partial charge is 0.391 e. The maximum absolute atomic E-state index is 13.9. The summed E-state index contributed by atoms with van der Waals surface area (Å²) in [4.78, 5) is 40.5. The number of hydrogen-bond acceptors (Lipinski definition) is 5. The van der Waals surface area contributed by atoms with E-state index in [-0.39, 0.29) is 48.8 Å². The van der Waals surface area contributed by atoms with Crippen molar-refractivity contribution in [3.63, 3.8) is 0 Å². The lowest BCUT2D eigenvalue weighted by atomic mass is 9.97. The van der Waals surface area contributed by atoms with E-state index in [1.165, 1.54) is 6.07 Å². The molecule has 0 aromatic heterocycles. The highest BCUT2D eigenvalue weighted by Crippen LogP contribution is 2.17. The lowest BCUT2D eigenvalue weighted by molar-refractivity contribution is -0.130. The molecule has 1 unspecified atom stereocenters. The summed E-state index contributed by atoms with van der Waals surface area (Å²) < 4.78 is 27.8. The van der Waals surface area contributed by atoms with Crippen LogP contribution in [0.15, 0.2) is 36.4 Å². The average molecular weight is 590 g/mol. The number of aliphatic hydroxyl groups excluding tert-OH is 2. The molecule has 0 spiro atoms. The van der Waals surface area contributed by atoms with Crippen LogP contribution in [0.25, 0.3) is 0 Å². The van der Waals surface area contributed by atoms with E-state index in [0.29, 0.717) is 24.2 Å². The van der Waals surface area contributed by atoms with Gasteiger partial charge in [0, 0.05) is 36.8 Å². The number of aliphatic hydroxyl groups is 2. The minimum atomic E-state index is -1.21. The fraction of sp³-hybridized carbons (Fsp3) is 0.531. The van der Waals surface area contributed by atoms with Gasteiger partial charge in [-0.15, -0.1) is 0 Å². The van der Waals surface area contributed by atoms with E-state index in [2.05, 4.69) is 10.6 Å². The van der Waals surface area contributed by atoms with Crippen LogP contribution >= 0.6 is 0 Å². The second-order valence-corrected chi connectivity index (χ2v) is 11.2. The smallest absolute Gasteiger partial charge is 0.253 e. The molecular formula is C32H45F2N3O5. The topological polar surface area (TPSA) is 119 Å². The fourth-order valence-corrected chi connectivity index (χ4v) is 4.81. The number of carbonyl (C=O) groups is 3. The Hall–Kier alpha value is -3.37. The summed E-state index contributed by atoms with van der Waals surface area (Å²) in [6.45, 7) is 10.7. The number of carbonyl (C=O) groups excluding carboxylic acids is 3. The van der Waals surface area contributed by atoms with Crippen LogP contribution in [0.3, 0.4) is 0 Å². The number of rotatable bonds is 16. The number of nitrogens with zero attached hydrogens (tertiary/aromatic N) is 1. The average Bonchev–Trinajstić information content (AvgIpc) is 2.90. The van der Waals surface area contributed by atoms with Crippen LogP contribution in [0, 0.1) is 24.5 Å². The highest BCUT2D eigenvalue weighted by molar-refractivity contribution is 6.00. The van der Waals surface area contributed by atoms with E-state index in [1.807, 2.05) is 27.7 Å². The third kappa shape index (κ3) is 11.1. The van der Waals surface area contributed by atoms with Gasteiger partial charge >= 0.3 is 0 Å². The molecule has 10 heteroatoms. The zero-order chi connectivity index (χ0) is 31.4. The number of nitrogens with one attached hydrogen (secondary N) is 2. The van der Waals surface area contributed by atoms with Crippen LogP contribution in [0.5, 0.6) is 0 Å². The summed E-state index contributed by atoms with van der Waals surface area (Å²) >= 11 is 0. The summed E-state index contributed by atoms with van der Waals surface area (Å²) in [6, 6.07) is 6.85. The van der Waals surface area contributed by atoms with Gasteiger partial charge in [0.2, 0.25) is 5.91 Å². The molecule has 0 saturated heterocycles. The highest BCUT2D eigenvalue weighted by atomic mass is 19.1. The Labute approximate surface area is 247 Å². The van der Waals surface area contributed by atoms with Crippen molar-refractivity contribution in [1.82, 2.24) is 15.5 Å². The molecule has 0 aliphatic rings. The molecule has 3 atom stereocenters. The van der Waals surface area contributed by atoms with E-state index in [1.54, 1.807) is 24.0 Å². The van der Waals surface area contributed by atoms with Gasteiger partial charge in [0.25, 0.3) is 11.8 Å². The highest BCUT2D eigenvalue weighted by Gasteiger charge is 2.25. The van der Waals surface area contributed by atoms with Crippen molar-refractivity contribution >= 4 is 17.7 Å². The first kappa shape index (κ1) is 34.8. The van der Waals surface area contributed by atoms with E-state index in [9.17, 15) is 33.4 Å². The molecule has 0 bridgehead atoms. The summed E-state index contributed by atoms with van der Waals surface area (Å²) in [5.74, 6) is -2.79. The summed E-state index contributed by atoms with van der Waals surface area (Å²) in [5.41, 5.74) is 1.50. The van der Waals surface area contributed by atoms with Crippen LogP contribution < -0.4 is 10.6 Å². The zero-order valence-corrected chi connectivity index (χ0v) is 25.3. The van der Waals surface area contributed by atoms with Crippen molar-refractivity contribution in [2.75, 3.05) is 19.6 Å². The second kappa shape index (κ2) is 16.9. The van der Waals surface area contributed by atoms with Gasteiger partial charge in [0.05, 0.1) is 12.1 Å². The van der Waals surface area contributed by atoms with E-state index >= 15 is 0 Å². The van der Waals surface area contributed by atoms with Crippen LogP contribution in [-0.4, -0.2) is 70.7 Å². The molecule has 8 nitrogen and oxygen atoms in total. The molecule has 0 aliphatic heterocycles. The van der Waals surface area contributed by atoms with Gasteiger partial charge < -0.3 is 25.7 Å². The van der Waals surface area contributed by atoms with Gasteiger partial charge in [0.1, 0.15) is 17.7 Å². The fourth-order valence-electron chi connectivity index (χ4n) is 4.81. The van der Waals surface area contributed by atoms with Gasteiger partial charge in [0.15, 0.2) is 0 Å². The number of benzene rings is 2. The quantitative estimate of drug-likeness (QED) is 0.235. The SMILES string of the molecule is CCCN(CCC)C(=O)c1cc(C)cc(C(=O)N[C@H](Cc2cc(F)cc(F)c2)[C@H](O)CCNC(=O)C(O)CC(C)C)c1. The van der Waals surface area contributed by atoms with Crippen LogP contribution in [0.4, 0.5) is 8.78 Å². The maximum Gasteiger partial charge on any atom is 0.253 e. The molecule has 232 valence electrons. The van der Waals surface area contributed by atoms with Gasteiger partial charge in [-0.2, -0.15) is 0 Å². The predicted octanol–water partition coefficient (Wildman–Crippen LogP) is 4.15. The number of amides is 3. The van der Waals surface area contributed by atoms with Crippen molar-refractivity contribution in [2.45, 2.75) is 85.0 Å². The Balaban J connectivity index is 2.25. The molecule has 2 aromatic rings. The van der Waals surface area contributed by atoms with Gasteiger partial charge in [-0.05, 0) is 86.4 Å². The van der Waals surface area contributed by atoms with Gasteiger partial charge in [-0.25, -0.2) is 8.78 Å². The van der Waals surface area contributed by atoms with Crippen molar-refractivity contribution in [3.05, 3.63) is 70.3 Å². The Morgan fingerprint density at radius 3 is 2.07 bits per heavy atom. The lowest BCUT2D eigenvalue weighted by Gasteiger charge is -2.25. The minimum Gasteiger partial charge on any atom is -0.391 e. The van der Waals surface area contributed by atoms with Crippen LogP contribution in [0.2, 0.25) is 0 Å². The standard InChI is InChI=1S/C32H45F2N3O5/c1-6-10-37(11-7-2)32(42)24-14-21(5)13-23(18-24)30(40)36-27(17-22-15-25(33)19-26(34)16-22)28(38)8-9-35-31(41)29(39)12-20(3)4/h13-16,18-20,27-29,38-39H,6-12,17H2,1-5H3,(H,35,41)(H,36,40)/t27-,28-,29?/m1/s1. The predicted molar refractivity (Wildman–Crippen MR) is 158 cm³/mol. The minimum absolute atomic E-state index is 0.00340. The summed E-state index contributed by atoms with van der Waals surface area (Å²) in [5, 5.41) is 26.4. The number of aryl methyl sites for hydroxylation is 1. The summed E-state index contributed by atoms with van der Waals surface area (Å²) in [7, 11) is 0. The molecule has 0 radical (unpaired) electrons. The van der Waals surface area contributed by atoms with Crippen molar-refractivity contribution in [3.8, 4) is 0 Å². The molecule has 4 N–H and O–H groups in total. The molecule has 3 amide bonds. The van der Waals surface area contributed by atoms with E-state index < -0.39 is 41.7 Å². The zero-order valence-electron chi connectivity index (χ0n) is 25.3. The normalized spacial score (nSPS) is 13.4. The van der Waals surface area contributed by atoms with E-state index in [4.69, 9.17) is 0 Å². The molecule has 0 heterocycles. The number of hydrogen-bond donors (Lipinski definition) is 4. The van der Waals surface area contributed by atoms with Gasteiger partial charge in [-0.3, -0.25) is 14.4 Å². The Morgan fingerprint density at radius 2 is 1.50 bits per heavy atom. The van der Waals surface area contributed by atoms with Crippen molar-refractivity contribution in [2.24, 2.45) is 5.92 Å². The summed E-state index contributed by atoms with van der Waals surface area (Å²) in [6.07, 6.45) is -0.610. The monoisotopic (exact) mass is 589 g/mol. The first-order valence-electron chi connectivity index (χ1n) is 14.6. The molecule has 0 aliphatic carbocycles. The molecule has 0 saturated carbocycles. The lowest BCUT2D eigenvalue weighted by Crippen LogP contribution is -2.46. The molecule has 2 rings (SSSR count). The Bertz CT molecular complexity index is 1180. The third-order valence-electron chi connectivity index (χ3n) is 6.76. The maximum atomic E-state index is 13.9. The third-order valence-corrected chi connectivity index (χ3v) is 6.76. The number of halogens is 2. The second-order valence-electron chi connectivity index (χ2n) is 11.2. The molecule has 0 fully saturated rings. The first-order chi connectivity index (χ1) is 19.8. The van der Waals surface area contributed by atoms with E-state index in [0.717, 1.165) is 31.0 Å². The molecule has 2 aromatic carbocycles. The Kier molecular flexibility index (Phi) is 14.0. The first-order valence-corrected chi connectivity index (χ1v) is 14.6. The van der Waals surface area contributed by atoms with Gasteiger partial charge in [-0.1, -0.05) is 27.7 Å².